The Balaban J connectivity index is 2.19. The lowest BCUT2D eigenvalue weighted by atomic mass is 10.3. The smallest absolute Gasteiger partial charge is 0.329 e. The fourth-order valence-corrected chi connectivity index (χ4v) is 2.69. The number of hydrogen-bond donors (Lipinski definition) is 2. The average Bonchev–Trinajstić information content (AvgIpc) is 3.11. The van der Waals surface area contributed by atoms with Crippen molar-refractivity contribution in [2.75, 3.05) is 0 Å². The van der Waals surface area contributed by atoms with Gasteiger partial charge in [0.25, 0.3) is 0 Å². The van der Waals surface area contributed by atoms with E-state index in [0.29, 0.717) is 0 Å². The SMILES string of the molecule is Cc1cc(/C=N\NC(=O)C(=O)NC(C)C)c(C)n1-c1ccnn1C(C)C. The first-order chi connectivity index (χ1) is 12.2. The van der Waals surface area contributed by atoms with E-state index in [0.717, 1.165) is 22.8 Å². The molecule has 0 atom stereocenters. The number of carbonyl (C=O) groups is 2. The number of carbonyl (C=O) groups excluding carboxylic acids is 2. The lowest BCUT2D eigenvalue weighted by Gasteiger charge is -2.14. The Kier molecular flexibility index (Phi) is 5.97. The van der Waals surface area contributed by atoms with Crippen molar-refractivity contribution in [3.8, 4) is 5.82 Å². The summed E-state index contributed by atoms with van der Waals surface area (Å²) in [6.45, 7) is 11.7. The molecule has 2 N–H and O–H groups in total. The van der Waals surface area contributed by atoms with E-state index >= 15 is 0 Å². The van der Waals surface area contributed by atoms with Gasteiger partial charge in [0.2, 0.25) is 0 Å². The van der Waals surface area contributed by atoms with Crippen LogP contribution in [0.4, 0.5) is 0 Å². The predicted molar refractivity (Wildman–Crippen MR) is 100 cm³/mol. The second-order valence-electron chi connectivity index (χ2n) is 6.72. The molecule has 26 heavy (non-hydrogen) atoms. The summed E-state index contributed by atoms with van der Waals surface area (Å²) >= 11 is 0. The molecule has 2 aromatic heterocycles. The molecule has 0 aromatic carbocycles. The molecule has 0 unspecified atom stereocenters. The maximum Gasteiger partial charge on any atom is 0.329 e. The van der Waals surface area contributed by atoms with Crippen LogP contribution in [-0.2, 0) is 9.59 Å². The highest BCUT2D eigenvalue weighted by molar-refractivity contribution is 6.35. The van der Waals surface area contributed by atoms with Gasteiger partial charge in [0.1, 0.15) is 5.82 Å². The number of rotatable bonds is 5. The molecule has 0 aliphatic heterocycles. The number of nitrogens with zero attached hydrogens (tertiary/aromatic N) is 4. The number of amides is 2. The number of aromatic nitrogens is 3. The molecule has 0 aliphatic carbocycles. The molecule has 0 saturated heterocycles. The van der Waals surface area contributed by atoms with Gasteiger partial charge in [-0.05, 0) is 47.6 Å². The van der Waals surface area contributed by atoms with Gasteiger partial charge in [-0.25, -0.2) is 10.1 Å². The van der Waals surface area contributed by atoms with Crippen LogP contribution in [0.2, 0.25) is 0 Å². The first kappa shape index (κ1) is 19.4. The summed E-state index contributed by atoms with van der Waals surface area (Å²) in [6.07, 6.45) is 3.31. The van der Waals surface area contributed by atoms with Crippen molar-refractivity contribution >= 4 is 18.0 Å². The monoisotopic (exact) mass is 358 g/mol. The molecule has 0 saturated carbocycles. The van der Waals surface area contributed by atoms with Gasteiger partial charge in [-0.3, -0.25) is 9.59 Å². The number of hydrogen-bond acceptors (Lipinski definition) is 4. The summed E-state index contributed by atoms with van der Waals surface area (Å²) in [7, 11) is 0. The highest BCUT2D eigenvalue weighted by Gasteiger charge is 2.15. The third-order valence-electron chi connectivity index (χ3n) is 3.83. The van der Waals surface area contributed by atoms with Crippen LogP contribution in [0, 0.1) is 13.8 Å². The highest BCUT2D eigenvalue weighted by atomic mass is 16.2. The zero-order valence-corrected chi connectivity index (χ0v) is 16.1. The maximum atomic E-state index is 11.7. The van der Waals surface area contributed by atoms with Crippen molar-refractivity contribution in [3.05, 3.63) is 35.3 Å². The van der Waals surface area contributed by atoms with E-state index in [4.69, 9.17) is 0 Å². The molecule has 2 amide bonds. The largest absolute Gasteiger partial charge is 0.346 e. The summed E-state index contributed by atoms with van der Waals surface area (Å²) in [5.41, 5.74) is 5.09. The highest BCUT2D eigenvalue weighted by Crippen LogP contribution is 2.21. The zero-order chi connectivity index (χ0) is 19.4. The first-order valence-corrected chi connectivity index (χ1v) is 8.59. The van der Waals surface area contributed by atoms with Crippen LogP contribution in [0.15, 0.2) is 23.4 Å². The quantitative estimate of drug-likeness (QED) is 0.485. The van der Waals surface area contributed by atoms with Crippen molar-refractivity contribution in [2.45, 2.75) is 53.6 Å². The molecule has 140 valence electrons. The normalized spacial score (nSPS) is 11.5. The minimum Gasteiger partial charge on any atom is -0.346 e. The van der Waals surface area contributed by atoms with Crippen LogP contribution in [-0.4, -0.2) is 38.4 Å². The third kappa shape index (κ3) is 4.19. The fourth-order valence-electron chi connectivity index (χ4n) is 2.69. The van der Waals surface area contributed by atoms with Crippen LogP contribution >= 0.6 is 0 Å². The van der Waals surface area contributed by atoms with Crippen LogP contribution in [0.3, 0.4) is 0 Å². The van der Waals surface area contributed by atoms with Gasteiger partial charge in [-0.15, -0.1) is 0 Å². The molecular formula is C18H26N6O2. The number of hydrazone groups is 1. The molecule has 0 spiro atoms. The van der Waals surface area contributed by atoms with Gasteiger partial charge in [0, 0.05) is 35.1 Å². The molecule has 2 rings (SSSR count). The van der Waals surface area contributed by atoms with E-state index in [1.54, 1.807) is 20.0 Å². The van der Waals surface area contributed by atoms with Crippen LogP contribution in [0.25, 0.3) is 5.82 Å². The topological polar surface area (TPSA) is 93.3 Å². The second kappa shape index (κ2) is 7.99. The van der Waals surface area contributed by atoms with E-state index in [2.05, 4.69) is 39.4 Å². The molecule has 8 heteroatoms. The minimum absolute atomic E-state index is 0.109. The second-order valence-corrected chi connectivity index (χ2v) is 6.72. The number of nitrogens with one attached hydrogen (secondary N) is 2. The number of aryl methyl sites for hydroxylation is 1. The molecule has 2 heterocycles. The Labute approximate surface area is 153 Å². The average molecular weight is 358 g/mol. The van der Waals surface area contributed by atoms with E-state index in [1.165, 1.54) is 6.21 Å². The lowest BCUT2D eigenvalue weighted by Crippen LogP contribution is -2.41. The van der Waals surface area contributed by atoms with Gasteiger partial charge in [-0.2, -0.15) is 10.2 Å². The molecule has 2 aromatic rings. The van der Waals surface area contributed by atoms with Crippen molar-refractivity contribution in [3.63, 3.8) is 0 Å². The first-order valence-electron chi connectivity index (χ1n) is 8.59. The Hall–Kier alpha value is -2.90. The summed E-state index contributed by atoms with van der Waals surface area (Å²) in [4.78, 5) is 23.2. The fraction of sp³-hybridized carbons (Fsp3) is 0.444. The van der Waals surface area contributed by atoms with Crippen molar-refractivity contribution < 1.29 is 9.59 Å². The molecular weight excluding hydrogens is 332 g/mol. The molecule has 0 radical (unpaired) electrons. The van der Waals surface area contributed by atoms with Gasteiger partial charge < -0.3 is 9.88 Å². The summed E-state index contributed by atoms with van der Waals surface area (Å²) in [5, 5.41) is 10.8. The van der Waals surface area contributed by atoms with Gasteiger partial charge in [0.05, 0.1) is 12.4 Å². The zero-order valence-electron chi connectivity index (χ0n) is 16.1. The predicted octanol–water partition coefficient (Wildman–Crippen LogP) is 1.85. The Bertz CT molecular complexity index is 829. The van der Waals surface area contributed by atoms with E-state index < -0.39 is 11.8 Å². The van der Waals surface area contributed by atoms with E-state index in [-0.39, 0.29) is 12.1 Å². The minimum atomic E-state index is -0.790. The van der Waals surface area contributed by atoms with Crippen LogP contribution in [0.1, 0.15) is 50.7 Å². The van der Waals surface area contributed by atoms with Gasteiger partial charge in [0.15, 0.2) is 0 Å². The molecule has 0 aliphatic rings. The van der Waals surface area contributed by atoms with Crippen LogP contribution in [0.5, 0.6) is 0 Å². The van der Waals surface area contributed by atoms with Crippen molar-refractivity contribution in [1.82, 2.24) is 25.1 Å². The Morgan fingerprint density at radius 1 is 1.19 bits per heavy atom. The molecule has 8 nitrogen and oxygen atoms in total. The van der Waals surface area contributed by atoms with Gasteiger partial charge >= 0.3 is 11.8 Å². The van der Waals surface area contributed by atoms with Gasteiger partial charge in [-0.1, -0.05) is 0 Å². The maximum absolute atomic E-state index is 11.7. The standard InChI is InChI=1S/C18H26N6O2/c1-11(2)21-17(25)18(26)22-19-10-15-9-13(5)23(14(15)6)16-7-8-20-24(16)12(3)4/h7-12H,1-6H3,(H,21,25)(H,22,26)/b19-10-. The lowest BCUT2D eigenvalue weighted by molar-refractivity contribution is -0.139. The molecule has 0 bridgehead atoms. The van der Waals surface area contributed by atoms with E-state index in [9.17, 15) is 9.59 Å². The van der Waals surface area contributed by atoms with E-state index in [1.807, 2.05) is 30.7 Å². The van der Waals surface area contributed by atoms with Crippen LogP contribution < -0.4 is 10.7 Å². The van der Waals surface area contributed by atoms with Crippen molar-refractivity contribution in [1.29, 1.82) is 0 Å². The Morgan fingerprint density at radius 3 is 2.50 bits per heavy atom. The molecule has 0 fully saturated rings. The Morgan fingerprint density at radius 2 is 1.88 bits per heavy atom. The third-order valence-corrected chi connectivity index (χ3v) is 3.83. The summed E-state index contributed by atoms with van der Waals surface area (Å²) < 4.78 is 4.03. The summed E-state index contributed by atoms with van der Waals surface area (Å²) in [5.74, 6) is -0.528. The summed E-state index contributed by atoms with van der Waals surface area (Å²) in [6, 6.07) is 4.05. The van der Waals surface area contributed by atoms with Crippen molar-refractivity contribution in [2.24, 2.45) is 5.10 Å².